The molecule has 0 bridgehead atoms. The molecule has 0 amide bonds. The molecule has 1 aliphatic heterocycles. The van der Waals surface area contributed by atoms with Crippen molar-refractivity contribution in [2.24, 2.45) is 0 Å². The second-order valence-corrected chi connectivity index (χ2v) is 7.97. The van der Waals surface area contributed by atoms with E-state index in [1.807, 2.05) is 44.2 Å². The minimum absolute atomic E-state index is 0.00340. The maximum Gasteiger partial charge on any atom is 0.353 e. The van der Waals surface area contributed by atoms with Gasteiger partial charge in [0.15, 0.2) is 0 Å². The van der Waals surface area contributed by atoms with Gasteiger partial charge in [0.05, 0.1) is 17.2 Å². The van der Waals surface area contributed by atoms with Crippen molar-refractivity contribution in [1.29, 1.82) is 0 Å². The Balaban J connectivity index is 1.59. The van der Waals surface area contributed by atoms with Crippen molar-refractivity contribution in [2.75, 3.05) is 36.0 Å². The molecule has 0 radical (unpaired) electrons. The summed E-state index contributed by atoms with van der Waals surface area (Å²) in [4.78, 5) is 21.9. The first kappa shape index (κ1) is 21.6. The molecule has 4 N–H and O–H groups in total. The molecule has 1 saturated heterocycles. The monoisotopic (exact) mass is 437 g/mol. The Morgan fingerprint density at radius 2 is 2.00 bits per heavy atom. The first-order valence-electron chi connectivity index (χ1n) is 10.6. The highest BCUT2D eigenvalue weighted by molar-refractivity contribution is 5.74. The van der Waals surface area contributed by atoms with Crippen molar-refractivity contribution in [3.05, 3.63) is 63.6 Å². The van der Waals surface area contributed by atoms with E-state index in [-0.39, 0.29) is 29.3 Å². The summed E-state index contributed by atoms with van der Waals surface area (Å²) in [6.07, 6.45) is 3.94. The summed E-state index contributed by atoms with van der Waals surface area (Å²) in [7, 11) is 0. The fourth-order valence-corrected chi connectivity index (χ4v) is 3.91. The van der Waals surface area contributed by atoms with E-state index in [0.29, 0.717) is 12.2 Å². The Hall–Kier alpha value is -3.66. The zero-order valence-electron chi connectivity index (χ0n) is 18.2. The van der Waals surface area contributed by atoms with Gasteiger partial charge in [0.1, 0.15) is 5.76 Å². The number of anilines is 4. The molecule has 1 fully saturated rings. The van der Waals surface area contributed by atoms with Crippen LogP contribution in [0.25, 0.3) is 0 Å². The maximum absolute atomic E-state index is 11.6. The SMILES string of the molecule is Cc1ccc(Nc2nc(NC[C@@H](c3ccco3)N3CCCC3)nc(N)c2[N+](=O)[O-])cc1C. The highest BCUT2D eigenvalue weighted by atomic mass is 16.6. The number of rotatable bonds is 8. The lowest BCUT2D eigenvalue weighted by Crippen LogP contribution is -2.31. The molecular weight excluding hydrogens is 410 g/mol. The van der Waals surface area contributed by atoms with Crippen LogP contribution in [0.15, 0.2) is 41.0 Å². The van der Waals surface area contributed by atoms with E-state index >= 15 is 0 Å². The minimum atomic E-state index is -0.571. The van der Waals surface area contributed by atoms with Gasteiger partial charge in [0.25, 0.3) is 0 Å². The highest BCUT2D eigenvalue weighted by Crippen LogP contribution is 2.32. The number of benzene rings is 1. The average molecular weight is 438 g/mol. The first-order valence-corrected chi connectivity index (χ1v) is 10.6. The number of aromatic nitrogens is 2. The molecule has 0 unspecified atom stereocenters. The van der Waals surface area contributed by atoms with Gasteiger partial charge in [-0.15, -0.1) is 0 Å². The van der Waals surface area contributed by atoms with Gasteiger partial charge in [0, 0.05) is 12.2 Å². The van der Waals surface area contributed by atoms with Crippen LogP contribution in [0, 0.1) is 24.0 Å². The van der Waals surface area contributed by atoms with Crippen LogP contribution < -0.4 is 16.4 Å². The summed E-state index contributed by atoms with van der Waals surface area (Å²) in [6, 6.07) is 9.51. The number of nitrogens with one attached hydrogen (secondary N) is 2. The van der Waals surface area contributed by atoms with Gasteiger partial charge < -0.3 is 20.8 Å². The molecule has 1 aliphatic rings. The fraction of sp³-hybridized carbons (Fsp3) is 0.364. The molecule has 168 valence electrons. The number of nitrogen functional groups attached to an aromatic ring is 1. The Labute approximate surface area is 186 Å². The van der Waals surface area contributed by atoms with Crippen LogP contribution in [0.3, 0.4) is 0 Å². The summed E-state index contributed by atoms with van der Waals surface area (Å²) >= 11 is 0. The van der Waals surface area contributed by atoms with E-state index in [1.165, 1.54) is 0 Å². The lowest BCUT2D eigenvalue weighted by atomic mass is 10.1. The minimum Gasteiger partial charge on any atom is -0.468 e. The summed E-state index contributed by atoms with van der Waals surface area (Å²) < 4.78 is 5.65. The molecule has 0 aliphatic carbocycles. The Bertz CT molecular complexity index is 1100. The highest BCUT2D eigenvalue weighted by Gasteiger charge is 2.27. The second kappa shape index (κ2) is 9.23. The Morgan fingerprint density at radius 1 is 1.22 bits per heavy atom. The number of nitrogens with zero attached hydrogens (tertiary/aromatic N) is 4. The molecule has 1 atom stereocenters. The van der Waals surface area contributed by atoms with Crippen molar-refractivity contribution in [1.82, 2.24) is 14.9 Å². The van der Waals surface area contributed by atoms with Gasteiger partial charge in [-0.2, -0.15) is 9.97 Å². The predicted octanol–water partition coefficient (Wildman–Crippen LogP) is 4.17. The summed E-state index contributed by atoms with van der Waals surface area (Å²) in [6.45, 7) is 6.42. The van der Waals surface area contributed by atoms with Crippen LogP contribution >= 0.6 is 0 Å². The van der Waals surface area contributed by atoms with Crippen LogP contribution in [0.5, 0.6) is 0 Å². The molecule has 0 spiro atoms. The number of furan rings is 1. The second-order valence-electron chi connectivity index (χ2n) is 7.97. The van der Waals surface area contributed by atoms with Crippen molar-refractivity contribution in [2.45, 2.75) is 32.7 Å². The van der Waals surface area contributed by atoms with Gasteiger partial charge in [-0.25, -0.2) is 0 Å². The molecule has 3 heterocycles. The zero-order chi connectivity index (χ0) is 22.7. The lowest BCUT2D eigenvalue weighted by molar-refractivity contribution is -0.383. The van der Waals surface area contributed by atoms with Crippen LogP contribution in [-0.4, -0.2) is 39.4 Å². The van der Waals surface area contributed by atoms with Gasteiger partial charge in [-0.05, 0) is 75.2 Å². The smallest absolute Gasteiger partial charge is 0.353 e. The Morgan fingerprint density at radius 3 is 2.66 bits per heavy atom. The quantitative estimate of drug-likeness (QED) is 0.350. The van der Waals surface area contributed by atoms with E-state index in [0.717, 1.165) is 42.8 Å². The van der Waals surface area contributed by atoms with Crippen LogP contribution in [0.4, 0.5) is 29.0 Å². The van der Waals surface area contributed by atoms with Crippen LogP contribution in [0.1, 0.15) is 35.8 Å². The number of nitrogens with two attached hydrogens (primary N) is 1. The lowest BCUT2D eigenvalue weighted by Gasteiger charge is -2.26. The largest absolute Gasteiger partial charge is 0.468 e. The van der Waals surface area contributed by atoms with Crippen molar-refractivity contribution in [3.63, 3.8) is 0 Å². The van der Waals surface area contributed by atoms with Crippen LogP contribution in [-0.2, 0) is 0 Å². The number of aryl methyl sites for hydroxylation is 2. The molecular formula is C22H27N7O3. The Kier molecular flexibility index (Phi) is 6.22. The van der Waals surface area contributed by atoms with E-state index < -0.39 is 4.92 Å². The summed E-state index contributed by atoms with van der Waals surface area (Å²) in [5.41, 5.74) is 8.47. The summed E-state index contributed by atoms with van der Waals surface area (Å²) in [5.74, 6) is 0.913. The molecule has 10 nitrogen and oxygen atoms in total. The number of nitro groups is 1. The summed E-state index contributed by atoms with van der Waals surface area (Å²) in [5, 5.41) is 17.9. The standard InChI is InChI=1S/C22H27N7O3/c1-14-7-8-16(12-15(14)2)25-21-19(29(30)31)20(23)26-22(27-21)24-13-17(18-6-5-11-32-18)28-9-3-4-10-28/h5-8,11-12,17H,3-4,9-10,13H2,1-2H3,(H4,23,24,25,26,27)/t17-/m0/s1. The number of hydrogen-bond acceptors (Lipinski definition) is 9. The predicted molar refractivity (Wildman–Crippen MR) is 123 cm³/mol. The van der Waals surface area contributed by atoms with Crippen LogP contribution in [0.2, 0.25) is 0 Å². The third-order valence-corrected chi connectivity index (χ3v) is 5.77. The molecule has 3 aromatic rings. The number of hydrogen-bond donors (Lipinski definition) is 3. The van der Waals surface area contributed by atoms with Gasteiger partial charge >= 0.3 is 5.69 Å². The van der Waals surface area contributed by atoms with Crippen molar-refractivity contribution < 1.29 is 9.34 Å². The van der Waals surface area contributed by atoms with Gasteiger partial charge in [-0.3, -0.25) is 15.0 Å². The maximum atomic E-state index is 11.6. The first-order chi connectivity index (χ1) is 15.4. The van der Waals surface area contributed by atoms with Gasteiger partial charge in [-0.1, -0.05) is 6.07 Å². The normalized spacial score (nSPS) is 14.9. The van der Waals surface area contributed by atoms with E-state index in [9.17, 15) is 10.1 Å². The molecule has 10 heteroatoms. The number of likely N-dealkylation sites (tertiary alicyclic amines) is 1. The third kappa shape index (κ3) is 4.65. The van der Waals surface area contributed by atoms with Gasteiger partial charge in [0.2, 0.25) is 17.6 Å². The zero-order valence-corrected chi connectivity index (χ0v) is 18.2. The molecule has 2 aromatic heterocycles. The van der Waals surface area contributed by atoms with Crippen molar-refractivity contribution >= 4 is 29.0 Å². The molecule has 0 saturated carbocycles. The fourth-order valence-electron chi connectivity index (χ4n) is 3.91. The molecule has 32 heavy (non-hydrogen) atoms. The third-order valence-electron chi connectivity index (χ3n) is 5.77. The van der Waals surface area contributed by atoms with E-state index in [2.05, 4.69) is 25.5 Å². The van der Waals surface area contributed by atoms with E-state index in [1.54, 1.807) is 6.26 Å². The topological polar surface area (TPSA) is 135 Å². The molecule has 1 aromatic carbocycles. The average Bonchev–Trinajstić information content (AvgIpc) is 3.45. The van der Waals surface area contributed by atoms with E-state index in [4.69, 9.17) is 10.2 Å². The molecule has 4 rings (SSSR count). The van der Waals surface area contributed by atoms with Crippen molar-refractivity contribution in [3.8, 4) is 0 Å².